The van der Waals surface area contributed by atoms with Gasteiger partial charge in [-0.15, -0.1) is 0 Å². The molecule has 0 unspecified atom stereocenters. The molecule has 3 aliphatic rings. The Hall–Kier alpha value is -0.300. The van der Waals surface area contributed by atoms with Crippen LogP contribution in [0.3, 0.4) is 0 Å². The summed E-state index contributed by atoms with van der Waals surface area (Å²) in [6.07, 6.45) is 12.8. The Labute approximate surface area is 113 Å². The molecule has 0 bridgehead atoms. The van der Waals surface area contributed by atoms with Crippen LogP contribution in [0.25, 0.3) is 0 Å². The number of rotatable bonds is 3. The van der Waals surface area contributed by atoms with Crippen molar-refractivity contribution in [1.29, 1.82) is 0 Å². The Morgan fingerprint density at radius 3 is 2.89 bits per heavy atom. The molecule has 0 aromatic rings. The fraction of sp³-hybridized carbons (Fsp3) is 0.882. The Bertz CT molecular complexity index is 344. The SMILES string of the molecule is CCCC[C@@H]1CN2CCC3=C(CCCC3)[C@]2(C)C1. The lowest BCUT2D eigenvalue weighted by atomic mass is 9.74. The van der Waals surface area contributed by atoms with Crippen LogP contribution >= 0.6 is 0 Å². The third kappa shape index (κ3) is 2.05. The minimum absolute atomic E-state index is 0.465. The summed E-state index contributed by atoms with van der Waals surface area (Å²) in [4.78, 5) is 2.83. The van der Waals surface area contributed by atoms with Crippen molar-refractivity contribution in [3.63, 3.8) is 0 Å². The molecule has 0 amide bonds. The Morgan fingerprint density at radius 2 is 2.06 bits per heavy atom. The normalized spacial score (nSPS) is 36.7. The van der Waals surface area contributed by atoms with Crippen LogP contribution in [0.2, 0.25) is 0 Å². The molecule has 1 saturated heterocycles. The summed E-state index contributed by atoms with van der Waals surface area (Å²) in [5.41, 5.74) is 4.20. The lowest BCUT2D eigenvalue weighted by Gasteiger charge is -2.45. The van der Waals surface area contributed by atoms with Crippen LogP contribution in [0, 0.1) is 5.92 Å². The van der Waals surface area contributed by atoms with Crippen LogP contribution in [-0.2, 0) is 0 Å². The summed E-state index contributed by atoms with van der Waals surface area (Å²) in [5, 5.41) is 0. The molecule has 1 nitrogen and oxygen atoms in total. The van der Waals surface area contributed by atoms with E-state index in [1.807, 2.05) is 11.1 Å². The van der Waals surface area contributed by atoms with Crippen molar-refractivity contribution in [3.8, 4) is 0 Å². The van der Waals surface area contributed by atoms with Gasteiger partial charge in [0, 0.05) is 18.6 Å². The molecule has 0 radical (unpaired) electrons. The maximum Gasteiger partial charge on any atom is 0.0398 e. The summed E-state index contributed by atoms with van der Waals surface area (Å²) < 4.78 is 0. The van der Waals surface area contributed by atoms with Gasteiger partial charge in [0.15, 0.2) is 0 Å². The molecule has 2 heterocycles. The van der Waals surface area contributed by atoms with Crippen LogP contribution < -0.4 is 0 Å². The van der Waals surface area contributed by atoms with Gasteiger partial charge in [0.05, 0.1) is 0 Å². The Kier molecular flexibility index (Phi) is 3.53. The van der Waals surface area contributed by atoms with Crippen LogP contribution in [0.1, 0.15) is 71.6 Å². The van der Waals surface area contributed by atoms with Gasteiger partial charge < -0.3 is 0 Å². The van der Waals surface area contributed by atoms with E-state index in [4.69, 9.17) is 0 Å². The fourth-order valence-corrected chi connectivity index (χ4v) is 4.77. The number of unbranched alkanes of at least 4 members (excludes halogenated alkanes) is 1. The smallest absolute Gasteiger partial charge is 0.0398 e. The molecule has 102 valence electrons. The highest BCUT2D eigenvalue weighted by atomic mass is 15.2. The largest absolute Gasteiger partial charge is 0.294 e. The van der Waals surface area contributed by atoms with Crippen LogP contribution in [-0.4, -0.2) is 23.5 Å². The number of hydrogen-bond acceptors (Lipinski definition) is 1. The minimum Gasteiger partial charge on any atom is -0.294 e. The maximum absolute atomic E-state index is 2.83. The summed E-state index contributed by atoms with van der Waals surface area (Å²) in [7, 11) is 0. The highest BCUT2D eigenvalue weighted by Gasteiger charge is 2.46. The summed E-state index contributed by atoms with van der Waals surface area (Å²) in [6, 6.07) is 0. The number of fused-ring (bicyclic) bond motifs is 2. The first kappa shape index (κ1) is 12.7. The average Bonchev–Trinajstić information content (AvgIpc) is 2.73. The van der Waals surface area contributed by atoms with E-state index in [0.717, 1.165) is 5.92 Å². The van der Waals surface area contributed by atoms with Gasteiger partial charge in [-0.1, -0.05) is 30.9 Å². The van der Waals surface area contributed by atoms with Crippen molar-refractivity contribution in [2.75, 3.05) is 13.1 Å². The first-order valence-electron chi connectivity index (χ1n) is 8.20. The highest BCUT2D eigenvalue weighted by Crippen LogP contribution is 2.48. The van der Waals surface area contributed by atoms with E-state index in [1.54, 1.807) is 0 Å². The minimum atomic E-state index is 0.465. The van der Waals surface area contributed by atoms with E-state index in [9.17, 15) is 0 Å². The molecule has 0 spiro atoms. The molecule has 0 N–H and O–H groups in total. The standard InChI is InChI=1S/C17H29N/c1-3-4-7-14-12-17(2)16-9-6-5-8-15(16)10-11-18(17)13-14/h14H,3-13H2,1-2H3/t14-,17-/m0/s1. The molecule has 2 atom stereocenters. The molecule has 18 heavy (non-hydrogen) atoms. The van der Waals surface area contributed by atoms with E-state index < -0.39 is 0 Å². The van der Waals surface area contributed by atoms with E-state index in [0.29, 0.717) is 5.54 Å². The first-order chi connectivity index (χ1) is 8.74. The predicted octanol–water partition coefficient (Wildman–Crippen LogP) is 4.53. The van der Waals surface area contributed by atoms with Crippen molar-refractivity contribution in [2.45, 2.75) is 77.2 Å². The zero-order valence-electron chi connectivity index (χ0n) is 12.3. The van der Waals surface area contributed by atoms with Crippen molar-refractivity contribution in [2.24, 2.45) is 5.92 Å². The zero-order valence-corrected chi connectivity index (χ0v) is 12.3. The monoisotopic (exact) mass is 247 g/mol. The first-order valence-corrected chi connectivity index (χ1v) is 8.20. The molecule has 1 fully saturated rings. The van der Waals surface area contributed by atoms with Crippen molar-refractivity contribution < 1.29 is 0 Å². The molecule has 1 aliphatic carbocycles. The summed E-state index contributed by atoms with van der Waals surface area (Å²) in [5.74, 6) is 0.976. The number of hydrogen-bond donors (Lipinski definition) is 0. The van der Waals surface area contributed by atoms with Crippen molar-refractivity contribution >= 4 is 0 Å². The van der Waals surface area contributed by atoms with Gasteiger partial charge >= 0.3 is 0 Å². The van der Waals surface area contributed by atoms with Crippen molar-refractivity contribution in [3.05, 3.63) is 11.1 Å². The van der Waals surface area contributed by atoms with E-state index in [-0.39, 0.29) is 0 Å². The molecular formula is C17H29N. The van der Waals surface area contributed by atoms with Gasteiger partial charge in [-0.3, -0.25) is 4.90 Å². The molecule has 0 aromatic carbocycles. The molecule has 2 aliphatic heterocycles. The van der Waals surface area contributed by atoms with E-state index >= 15 is 0 Å². The molecule has 0 aromatic heterocycles. The van der Waals surface area contributed by atoms with Gasteiger partial charge in [0.2, 0.25) is 0 Å². The Balaban J connectivity index is 1.78. The van der Waals surface area contributed by atoms with Gasteiger partial charge in [0.1, 0.15) is 0 Å². The molecule has 1 heteroatoms. The molecular weight excluding hydrogens is 218 g/mol. The van der Waals surface area contributed by atoms with Crippen molar-refractivity contribution in [1.82, 2.24) is 4.90 Å². The second-order valence-electron chi connectivity index (χ2n) is 6.97. The molecule has 0 saturated carbocycles. The predicted molar refractivity (Wildman–Crippen MR) is 77.7 cm³/mol. The second kappa shape index (κ2) is 5.00. The molecule has 3 rings (SSSR count). The second-order valence-corrected chi connectivity index (χ2v) is 6.97. The number of nitrogens with zero attached hydrogens (tertiary/aromatic N) is 1. The van der Waals surface area contributed by atoms with Crippen LogP contribution in [0.4, 0.5) is 0 Å². The van der Waals surface area contributed by atoms with E-state index in [1.165, 1.54) is 70.9 Å². The summed E-state index contributed by atoms with van der Waals surface area (Å²) >= 11 is 0. The third-order valence-corrected chi connectivity index (χ3v) is 5.74. The van der Waals surface area contributed by atoms with Gasteiger partial charge in [-0.05, 0) is 57.8 Å². The topological polar surface area (TPSA) is 3.24 Å². The van der Waals surface area contributed by atoms with Gasteiger partial charge in [-0.25, -0.2) is 0 Å². The lowest BCUT2D eigenvalue weighted by molar-refractivity contribution is 0.166. The van der Waals surface area contributed by atoms with Crippen LogP contribution in [0.15, 0.2) is 11.1 Å². The third-order valence-electron chi connectivity index (χ3n) is 5.74. The van der Waals surface area contributed by atoms with Gasteiger partial charge in [-0.2, -0.15) is 0 Å². The zero-order chi connectivity index (χ0) is 12.6. The lowest BCUT2D eigenvalue weighted by Crippen LogP contribution is -2.47. The maximum atomic E-state index is 2.83. The highest BCUT2D eigenvalue weighted by molar-refractivity contribution is 5.32. The average molecular weight is 247 g/mol. The summed E-state index contributed by atoms with van der Waals surface area (Å²) in [6.45, 7) is 7.61. The van der Waals surface area contributed by atoms with E-state index in [2.05, 4.69) is 18.7 Å². The fourth-order valence-electron chi connectivity index (χ4n) is 4.77. The quantitative estimate of drug-likeness (QED) is 0.662. The Morgan fingerprint density at radius 1 is 1.22 bits per heavy atom. The van der Waals surface area contributed by atoms with Crippen LogP contribution in [0.5, 0.6) is 0 Å². The van der Waals surface area contributed by atoms with Gasteiger partial charge in [0.25, 0.3) is 0 Å².